The van der Waals surface area contributed by atoms with E-state index in [0.717, 1.165) is 59.8 Å². The Morgan fingerprint density at radius 2 is 1.71 bits per heavy atom. The summed E-state index contributed by atoms with van der Waals surface area (Å²) in [5.41, 5.74) is 4.95. The molecule has 1 aliphatic rings. The van der Waals surface area contributed by atoms with Gasteiger partial charge in [-0.15, -0.1) is 0 Å². The summed E-state index contributed by atoms with van der Waals surface area (Å²) in [6, 6.07) is 16.5. The molecule has 0 saturated carbocycles. The number of nitrogens with zero attached hydrogens (tertiary/aromatic N) is 7. The average molecular weight is 451 g/mol. The lowest BCUT2D eigenvalue weighted by Crippen LogP contribution is -2.44. The van der Waals surface area contributed by atoms with Gasteiger partial charge in [-0.1, -0.05) is 18.2 Å². The Balaban J connectivity index is 1.30. The Labute approximate surface area is 197 Å². The van der Waals surface area contributed by atoms with Crippen molar-refractivity contribution >= 4 is 39.3 Å². The Kier molecular flexibility index (Phi) is 5.07. The summed E-state index contributed by atoms with van der Waals surface area (Å²) < 4.78 is 2.13. The molecule has 0 atom stereocenters. The Morgan fingerprint density at radius 3 is 2.59 bits per heavy atom. The van der Waals surface area contributed by atoms with Crippen molar-refractivity contribution in [3.05, 3.63) is 67.3 Å². The van der Waals surface area contributed by atoms with Crippen LogP contribution < -0.4 is 10.2 Å². The zero-order chi connectivity index (χ0) is 23.1. The number of hydrogen-bond donors (Lipinski definition) is 1. The van der Waals surface area contributed by atoms with Gasteiger partial charge >= 0.3 is 0 Å². The van der Waals surface area contributed by atoms with Crippen LogP contribution in [-0.2, 0) is 7.05 Å². The van der Waals surface area contributed by atoms with Crippen LogP contribution >= 0.6 is 0 Å². The van der Waals surface area contributed by atoms with Crippen molar-refractivity contribution < 1.29 is 0 Å². The van der Waals surface area contributed by atoms with Crippen molar-refractivity contribution in [3.8, 4) is 11.3 Å². The highest BCUT2D eigenvalue weighted by Gasteiger charge is 2.18. The monoisotopic (exact) mass is 450 g/mol. The SMILES string of the molecule is CN1CCN(c2ncnc3cc(Nc4nccc(-c5cn(C)c6ccccc56)n4)ccc23)CC1. The molecule has 0 aliphatic carbocycles. The van der Waals surface area contributed by atoms with E-state index in [1.165, 1.54) is 10.9 Å². The molecule has 1 aliphatic heterocycles. The predicted octanol–water partition coefficient (Wildman–Crippen LogP) is 4.07. The fourth-order valence-corrected chi connectivity index (χ4v) is 4.63. The number of piperazine rings is 1. The van der Waals surface area contributed by atoms with Crippen molar-refractivity contribution in [2.75, 3.05) is 43.4 Å². The molecule has 6 rings (SSSR count). The highest BCUT2D eigenvalue weighted by molar-refractivity contribution is 5.95. The molecule has 0 radical (unpaired) electrons. The summed E-state index contributed by atoms with van der Waals surface area (Å²) in [5, 5.41) is 5.59. The Hall–Kier alpha value is -4.04. The van der Waals surface area contributed by atoms with Crippen LogP contribution in [0.1, 0.15) is 0 Å². The molecule has 0 amide bonds. The van der Waals surface area contributed by atoms with Crippen LogP contribution in [0.2, 0.25) is 0 Å². The largest absolute Gasteiger partial charge is 0.353 e. The maximum absolute atomic E-state index is 4.80. The smallest absolute Gasteiger partial charge is 0.227 e. The number of benzene rings is 2. The number of anilines is 3. The van der Waals surface area contributed by atoms with Crippen LogP contribution in [0.3, 0.4) is 0 Å². The first-order valence-corrected chi connectivity index (χ1v) is 11.5. The highest BCUT2D eigenvalue weighted by Crippen LogP contribution is 2.30. The van der Waals surface area contributed by atoms with Gasteiger partial charge in [-0.2, -0.15) is 0 Å². The minimum absolute atomic E-state index is 0.554. The van der Waals surface area contributed by atoms with Gasteiger partial charge in [0.25, 0.3) is 0 Å². The van der Waals surface area contributed by atoms with E-state index < -0.39 is 0 Å². The average Bonchev–Trinajstić information content (AvgIpc) is 3.21. The Morgan fingerprint density at radius 1 is 0.853 bits per heavy atom. The van der Waals surface area contributed by atoms with E-state index in [2.05, 4.69) is 85.3 Å². The first-order chi connectivity index (χ1) is 16.7. The lowest BCUT2D eigenvalue weighted by Gasteiger charge is -2.33. The molecular formula is C26H26N8. The molecule has 1 N–H and O–H groups in total. The minimum Gasteiger partial charge on any atom is -0.353 e. The van der Waals surface area contributed by atoms with Crippen LogP contribution in [0, 0.1) is 0 Å². The third-order valence-electron chi connectivity index (χ3n) is 6.50. The molecule has 2 aromatic carbocycles. The molecule has 0 unspecified atom stereocenters. The van der Waals surface area contributed by atoms with Gasteiger partial charge in [-0.25, -0.2) is 19.9 Å². The molecule has 1 saturated heterocycles. The van der Waals surface area contributed by atoms with Crippen molar-refractivity contribution in [3.63, 3.8) is 0 Å². The maximum Gasteiger partial charge on any atom is 0.227 e. The number of para-hydroxylation sites is 1. The molecule has 1 fully saturated rings. The van der Waals surface area contributed by atoms with Gasteiger partial charge < -0.3 is 19.7 Å². The molecule has 8 nitrogen and oxygen atoms in total. The third kappa shape index (κ3) is 3.72. The Bertz CT molecular complexity index is 1480. The first-order valence-electron chi connectivity index (χ1n) is 11.5. The van der Waals surface area contributed by atoms with Gasteiger partial charge in [-0.05, 0) is 37.4 Å². The lowest BCUT2D eigenvalue weighted by molar-refractivity contribution is 0.312. The number of aryl methyl sites for hydroxylation is 1. The zero-order valence-corrected chi connectivity index (χ0v) is 19.3. The van der Waals surface area contributed by atoms with E-state index in [1.54, 1.807) is 12.5 Å². The van der Waals surface area contributed by atoms with Gasteiger partial charge in [-0.3, -0.25) is 0 Å². The second-order valence-electron chi connectivity index (χ2n) is 8.78. The summed E-state index contributed by atoms with van der Waals surface area (Å²) in [5.74, 6) is 1.55. The van der Waals surface area contributed by atoms with Gasteiger partial charge in [0.2, 0.25) is 5.95 Å². The fraction of sp³-hybridized carbons (Fsp3) is 0.231. The van der Waals surface area contributed by atoms with E-state index in [4.69, 9.17) is 4.98 Å². The summed E-state index contributed by atoms with van der Waals surface area (Å²) in [4.78, 5) is 23.0. The molecule has 4 heterocycles. The molecule has 3 aromatic heterocycles. The summed E-state index contributed by atoms with van der Waals surface area (Å²) in [7, 11) is 4.21. The molecule has 0 bridgehead atoms. The first kappa shape index (κ1) is 20.6. The van der Waals surface area contributed by atoms with Crippen molar-refractivity contribution in [2.24, 2.45) is 7.05 Å². The van der Waals surface area contributed by atoms with E-state index in [0.29, 0.717) is 5.95 Å². The lowest BCUT2D eigenvalue weighted by atomic mass is 10.1. The summed E-state index contributed by atoms with van der Waals surface area (Å²) in [6.45, 7) is 4.01. The van der Waals surface area contributed by atoms with Gasteiger partial charge in [0.15, 0.2) is 0 Å². The molecule has 34 heavy (non-hydrogen) atoms. The number of fused-ring (bicyclic) bond motifs is 2. The fourth-order valence-electron chi connectivity index (χ4n) is 4.63. The number of hydrogen-bond acceptors (Lipinski definition) is 7. The second kappa shape index (κ2) is 8.39. The number of rotatable bonds is 4. The van der Waals surface area contributed by atoms with Crippen molar-refractivity contribution in [1.82, 2.24) is 29.4 Å². The number of aromatic nitrogens is 5. The molecule has 170 valence electrons. The van der Waals surface area contributed by atoms with E-state index >= 15 is 0 Å². The van der Waals surface area contributed by atoms with Crippen LogP contribution in [-0.4, -0.2) is 62.6 Å². The van der Waals surface area contributed by atoms with Gasteiger partial charge in [0.05, 0.1) is 11.2 Å². The zero-order valence-electron chi connectivity index (χ0n) is 19.3. The standard InChI is InChI=1S/C26H26N8/c1-32-11-13-34(14-12-32)25-20-8-7-18(15-23(20)28-17-29-25)30-26-27-10-9-22(31-26)21-16-33(2)24-6-4-3-5-19(21)24/h3-10,15-17H,11-14H2,1-2H3,(H,27,30,31). The van der Waals surface area contributed by atoms with E-state index in [9.17, 15) is 0 Å². The van der Waals surface area contributed by atoms with Crippen LogP contribution in [0.15, 0.2) is 67.3 Å². The number of likely N-dealkylation sites (N-methyl/N-ethyl adjacent to an activating group) is 1. The van der Waals surface area contributed by atoms with E-state index in [1.807, 2.05) is 18.2 Å². The summed E-state index contributed by atoms with van der Waals surface area (Å²) >= 11 is 0. The van der Waals surface area contributed by atoms with Crippen molar-refractivity contribution in [1.29, 1.82) is 0 Å². The molecule has 5 aromatic rings. The minimum atomic E-state index is 0.554. The van der Waals surface area contributed by atoms with Crippen molar-refractivity contribution in [2.45, 2.75) is 0 Å². The second-order valence-corrected chi connectivity index (χ2v) is 8.78. The number of nitrogens with one attached hydrogen (secondary N) is 1. The topological polar surface area (TPSA) is 75.0 Å². The third-order valence-corrected chi connectivity index (χ3v) is 6.50. The van der Waals surface area contributed by atoms with Gasteiger partial charge in [0.1, 0.15) is 12.1 Å². The van der Waals surface area contributed by atoms with Crippen LogP contribution in [0.25, 0.3) is 33.1 Å². The van der Waals surface area contributed by atoms with Crippen LogP contribution in [0.4, 0.5) is 17.5 Å². The van der Waals surface area contributed by atoms with E-state index in [-0.39, 0.29) is 0 Å². The quantitative estimate of drug-likeness (QED) is 0.442. The van der Waals surface area contributed by atoms with Gasteiger partial charge in [0, 0.05) is 73.2 Å². The normalized spacial score (nSPS) is 14.7. The molecule has 0 spiro atoms. The highest BCUT2D eigenvalue weighted by atomic mass is 15.3. The molecule has 8 heteroatoms. The molecular weight excluding hydrogens is 424 g/mol. The maximum atomic E-state index is 4.80. The summed E-state index contributed by atoms with van der Waals surface area (Å²) in [6.07, 6.45) is 5.56. The van der Waals surface area contributed by atoms with Crippen LogP contribution in [0.5, 0.6) is 0 Å². The predicted molar refractivity (Wildman–Crippen MR) is 136 cm³/mol.